The lowest BCUT2D eigenvalue weighted by atomic mass is 9.95. The van der Waals surface area contributed by atoms with Crippen molar-refractivity contribution >= 4 is 39.1 Å². The van der Waals surface area contributed by atoms with E-state index in [9.17, 15) is 4.79 Å². The second kappa shape index (κ2) is 5.82. The highest BCUT2D eigenvalue weighted by Crippen LogP contribution is 2.35. The van der Waals surface area contributed by atoms with E-state index in [1.807, 2.05) is 18.2 Å². The minimum absolute atomic E-state index is 0.0847. The Labute approximate surface area is 137 Å². The van der Waals surface area contributed by atoms with Gasteiger partial charge in [0.2, 0.25) is 5.91 Å². The smallest absolute Gasteiger partial charge is 0.224 e. The second-order valence-electron chi connectivity index (χ2n) is 5.33. The summed E-state index contributed by atoms with van der Waals surface area (Å²) >= 11 is 10.1. The lowest BCUT2D eigenvalue weighted by Crippen LogP contribution is -2.19. The Kier molecular flexibility index (Phi) is 4.05. The van der Waals surface area contributed by atoms with Crippen molar-refractivity contribution in [3.63, 3.8) is 0 Å². The summed E-state index contributed by atoms with van der Waals surface area (Å²) in [4.78, 5) is 11.4. The van der Waals surface area contributed by atoms with Crippen LogP contribution < -0.4 is 5.32 Å². The number of hydrogen-bond donors (Lipinski definition) is 1. The van der Waals surface area contributed by atoms with Crippen LogP contribution in [-0.2, 0) is 11.2 Å². The van der Waals surface area contributed by atoms with E-state index < -0.39 is 0 Å². The molecule has 0 aromatic heterocycles. The summed E-state index contributed by atoms with van der Waals surface area (Å²) < 4.78 is 1.06. The molecule has 0 radical (unpaired) electrons. The number of aryl methyl sites for hydroxylation is 2. The monoisotopic (exact) mass is 363 g/mol. The van der Waals surface area contributed by atoms with E-state index >= 15 is 0 Å². The Hall–Kier alpha value is -1.32. The Morgan fingerprint density at radius 3 is 2.76 bits per heavy atom. The summed E-state index contributed by atoms with van der Waals surface area (Å²) in [6.07, 6.45) is 1.32. The lowest BCUT2D eigenvalue weighted by molar-refractivity contribution is -0.116. The average Bonchev–Trinajstić information content (AvgIpc) is 2.46. The van der Waals surface area contributed by atoms with Crippen LogP contribution in [0, 0.1) is 6.92 Å². The van der Waals surface area contributed by atoms with Gasteiger partial charge in [0.1, 0.15) is 0 Å². The highest BCUT2D eigenvalue weighted by Gasteiger charge is 2.18. The third-order valence-electron chi connectivity index (χ3n) is 3.82. The summed E-state index contributed by atoms with van der Waals surface area (Å²) in [7, 11) is 0. The molecule has 1 aliphatic heterocycles. The molecule has 0 spiro atoms. The van der Waals surface area contributed by atoms with Crippen molar-refractivity contribution < 1.29 is 4.79 Å². The van der Waals surface area contributed by atoms with E-state index in [0.29, 0.717) is 6.42 Å². The van der Waals surface area contributed by atoms with Gasteiger partial charge in [-0.05, 0) is 53.8 Å². The number of benzene rings is 2. The molecule has 1 amide bonds. The molecule has 2 nitrogen and oxygen atoms in total. The van der Waals surface area contributed by atoms with Crippen LogP contribution in [0.5, 0.6) is 0 Å². The standard InChI is InChI=1S/C17H15BrClNO/c1-10-8-13(18)4-5-14(10)17(19)12-2-6-15-11(9-12)3-7-16(21)20-15/h2,4-6,8-9,17H,3,7H2,1H3,(H,20,21). The zero-order valence-corrected chi connectivity index (χ0v) is 14.0. The van der Waals surface area contributed by atoms with Crippen molar-refractivity contribution in [2.75, 3.05) is 5.32 Å². The maximum absolute atomic E-state index is 11.4. The first kappa shape index (κ1) is 14.6. The summed E-state index contributed by atoms with van der Waals surface area (Å²) in [5, 5.41) is 2.72. The van der Waals surface area contributed by atoms with Crippen molar-refractivity contribution in [3.8, 4) is 0 Å². The quantitative estimate of drug-likeness (QED) is 0.749. The Balaban J connectivity index is 1.95. The highest BCUT2D eigenvalue weighted by molar-refractivity contribution is 9.10. The Morgan fingerprint density at radius 1 is 1.19 bits per heavy atom. The van der Waals surface area contributed by atoms with Gasteiger partial charge in [-0.1, -0.05) is 34.1 Å². The number of alkyl halides is 1. The van der Waals surface area contributed by atoms with Crippen LogP contribution in [0.3, 0.4) is 0 Å². The van der Waals surface area contributed by atoms with Crippen molar-refractivity contribution in [1.82, 2.24) is 0 Å². The molecule has 1 unspecified atom stereocenters. The summed E-state index contributed by atoms with van der Waals surface area (Å²) in [6, 6.07) is 12.2. The van der Waals surface area contributed by atoms with Crippen LogP contribution in [0.1, 0.15) is 34.1 Å². The lowest BCUT2D eigenvalue weighted by Gasteiger charge is -2.20. The molecule has 2 aromatic carbocycles. The van der Waals surface area contributed by atoms with E-state index in [-0.39, 0.29) is 11.3 Å². The number of carbonyl (C=O) groups is 1. The fraction of sp³-hybridized carbons (Fsp3) is 0.235. The molecule has 108 valence electrons. The van der Waals surface area contributed by atoms with Crippen LogP contribution in [0.25, 0.3) is 0 Å². The summed E-state index contributed by atoms with van der Waals surface area (Å²) in [5.41, 5.74) is 5.41. The van der Waals surface area contributed by atoms with Gasteiger partial charge in [-0.3, -0.25) is 4.79 Å². The van der Waals surface area contributed by atoms with Gasteiger partial charge in [0.05, 0.1) is 5.38 Å². The van der Waals surface area contributed by atoms with Gasteiger partial charge >= 0.3 is 0 Å². The van der Waals surface area contributed by atoms with Crippen LogP contribution in [-0.4, -0.2) is 5.91 Å². The zero-order valence-electron chi connectivity index (χ0n) is 11.6. The van der Waals surface area contributed by atoms with E-state index in [2.05, 4.69) is 46.4 Å². The van der Waals surface area contributed by atoms with Crippen molar-refractivity contribution in [1.29, 1.82) is 0 Å². The van der Waals surface area contributed by atoms with Crippen molar-refractivity contribution in [2.45, 2.75) is 25.1 Å². The van der Waals surface area contributed by atoms with E-state index in [1.165, 1.54) is 0 Å². The topological polar surface area (TPSA) is 29.1 Å². The first-order valence-electron chi connectivity index (χ1n) is 6.87. The molecule has 4 heteroatoms. The number of halogens is 2. The highest BCUT2D eigenvalue weighted by atomic mass is 79.9. The molecule has 1 heterocycles. The fourth-order valence-electron chi connectivity index (χ4n) is 2.66. The van der Waals surface area contributed by atoms with Gasteiger partial charge in [0, 0.05) is 16.6 Å². The third-order valence-corrected chi connectivity index (χ3v) is 4.80. The predicted molar refractivity (Wildman–Crippen MR) is 90.0 cm³/mol. The average molecular weight is 365 g/mol. The molecule has 1 N–H and O–H groups in total. The summed E-state index contributed by atoms with van der Waals surface area (Å²) in [6.45, 7) is 2.06. The van der Waals surface area contributed by atoms with Gasteiger partial charge in [-0.15, -0.1) is 11.6 Å². The van der Waals surface area contributed by atoms with Crippen LogP contribution in [0.15, 0.2) is 40.9 Å². The second-order valence-corrected chi connectivity index (χ2v) is 6.68. The molecule has 0 saturated heterocycles. The SMILES string of the molecule is Cc1cc(Br)ccc1C(Cl)c1ccc2c(c1)CCC(=O)N2. The van der Waals surface area contributed by atoms with E-state index in [0.717, 1.165) is 38.8 Å². The molecule has 1 atom stereocenters. The molecular formula is C17H15BrClNO. The molecule has 1 aliphatic rings. The van der Waals surface area contributed by atoms with Crippen molar-refractivity contribution in [3.05, 3.63) is 63.1 Å². The normalized spacial score (nSPS) is 15.3. The maximum atomic E-state index is 11.4. The van der Waals surface area contributed by atoms with Crippen LogP contribution >= 0.6 is 27.5 Å². The minimum atomic E-state index is -0.180. The van der Waals surface area contributed by atoms with Crippen molar-refractivity contribution in [2.24, 2.45) is 0 Å². The van der Waals surface area contributed by atoms with Gasteiger partial charge in [0.15, 0.2) is 0 Å². The first-order valence-corrected chi connectivity index (χ1v) is 8.10. The van der Waals surface area contributed by atoms with Crippen LogP contribution in [0.2, 0.25) is 0 Å². The molecule has 21 heavy (non-hydrogen) atoms. The zero-order chi connectivity index (χ0) is 15.0. The van der Waals surface area contributed by atoms with Gasteiger partial charge in [-0.25, -0.2) is 0 Å². The molecule has 0 fully saturated rings. The molecular weight excluding hydrogens is 350 g/mol. The number of amides is 1. The number of rotatable bonds is 2. The molecule has 0 bridgehead atoms. The third kappa shape index (κ3) is 2.99. The molecule has 0 aliphatic carbocycles. The van der Waals surface area contributed by atoms with Gasteiger partial charge < -0.3 is 5.32 Å². The number of carbonyl (C=O) groups excluding carboxylic acids is 1. The number of hydrogen-bond acceptors (Lipinski definition) is 1. The fourth-order valence-corrected chi connectivity index (χ4v) is 3.52. The molecule has 3 rings (SSSR count). The van der Waals surface area contributed by atoms with Gasteiger partial charge in [0.25, 0.3) is 0 Å². The molecule has 0 saturated carbocycles. The number of nitrogens with one attached hydrogen (secondary N) is 1. The Morgan fingerprint density at radius 2 is 2.00 bits per heavy atom. The number of anilines is 1. The number of fused-ring (bicyclic) bond motifs is 1. The maximum Gasteiger partial charge on any atom is 0.224 e. The molecule has 2 aromatic rings. The van der Waals surface area contributed by atoms with E-state index in [1.54, 1.807) is 0 Å². The predicted octanol–water partition coefficient (Wildman–Crippen LogP) is 4.97. The largest absolute Gasteiger partial charge is 0.326 e. The summed E-state index contributed by atoms with van der Waals surface area (Å²) in [5.74, 6) is 0.0847. The Bertz CT molecular complexity index is 714. The minimum Gasteiger partial charge on any atom is -0.326 e. The van der Waals surface area contributed by atoms with Crippen LogP contribution in [0.4, 0.5) is 5.69 Å². The van der Waals surface area contributed by atoms with E-state index in [4.69, 9.17) is 11.6 Å². The first-order chi connectivity index (χ1) is 10.0. The van der Waals surface area contributed by atoms with Gasteiger partial charge in [-0.2, -0.15) is 0 Å².